The van der Waals surface area contributed by atoms with Crippen LogP contribution in [-0.2, 0) is 44.9 Å². The average molecular weight is 1190 g/mol. The highest BCUT2D eigenvalue weighted by Gasteiger charge is 2.29. The number of nitrogens with zero attached hydrogens (tertiary/aromatic N) is 5. The van der Waals surface area contributed by atoms with Gasteiger partial charge in [-0.3, -0.25) is 68.8 Å². The second kappa shape index (κ2) is 38.6. The molecule has 0 aliphatic carbocycles. The second-order valence-electron chi connectivity index (χ2n) is 20.5. The lowest BCUT2D eigenvalue weighted by atomic mass is 9.90. The lowest BCUT2D eigenvalue weighted by molar-refractivity contribution is -0.140. The number of urea groups is 1. The number of aromatic hydroxyl groups is 1. The maximum Gasteiger partial charge on any atom is 0.321 e. The third-order valence-electron chi connectivity index (χ3n) is 13.7. The Kier molecular flexibility index (Phi) is 31.4. The van der Waals surface area contributed by atoms with Crippen molar-refractivity contribution in [3.05, 3.63) is 95.6 Å². The van der Waals surface area contributed by atoms with E-state index < -0.39 is 53.9 Å². The normalized spacial score (nSPS) is 15.5. The van der Waals surface area contributed by atoms with Gasteiger partial charge >= 0.3 is 23.9 Å². The third-order valence-corrected chi connectivity index (χ3v) is 13.7. The van der Waals surface area contributed by atoms with Gasteiger partial charge < -0.3 is 62.3 Å². The molecule has 27 nitrogen and oxygen atoms in total. The number of phenols is 1. The van der Waals surface area contributed by atoms with E-state index in [0.717, 1.165) is 11.8 Å². The van der Waals surface area contributed by atoms with Crippen LogP contribution in [-0.4, -0.2) is 223 Å². The Labute approximate surface area is 495 Å². The molecule has 13 N–H and O–H groups in total. The van der Waals surface area contributed by atoms with Crippen molar-refractivity contribution in [3.63, 3.8) is 0 Å². The fraction of sp³-hybridized carbons (Fsp3) is 0.517. The minimum Gasteiger partial charge on any atom is -0.508 e. The number of guanidine groups is 1. The number of nitrogens with two attached hydrogens (primary N) is 1. The zero-order valence-corrected chi connectivity index (χ0v) is 48.5. The Morgan fingerprint density at radius 1 is 0.671 bits per heavy atom. The zero-order valence-electron chi connectivity index (χ0n) is 48.5. The smallest absolute Gasteiger partial charge is 0.321 e. The molecule has 0 spiro atoms. The van der Waals surface area contributed by atoms with Crippen molar-refractivity contribution in [1.82, 2.24) is 56.8 Å². The molecule has 3 aromatic rings. The number of aldehydes is 1. The maximum absolute atomic E-state index is 14.5. The summed E-state index contributed by atoms with van der Waals surface area (Å²) in [5.41, 5.74) is 7.93. The van der Waals surface area contributed by atoms with Gasteiger partial charge in [-0.2, -0.15) is 0 Å². The van der Waals surface area contributed by atoms with Gasteiger partial charge in [0.2, 0.25) is 23.6 Å². The summed E-state index contributed by atoms with van der Waals surface area (Å²) >= 11 is 0. The first-order valence-electron chi connectivity index (χ1n) is 28.6. The van der Waals surface area contributed by atoms with Gasteiger partial charge in [-0.05, 0) is 80.0 Å². The first kappa shape index (κ1) is 69.3. The molecule has 1 fully saturated rings. The molecule has 85 heavy (non-hydrogen) atoms. The monoisotopic (exact) mass is 1190 g/mol. The number of nitrogens with one attached hydrogen (secondary N) is 7. The van der Waals surface area contributed by atoms with Gasteiger partial charge in [0.25, 0.3) is 0 Å². The second-order valence-corrected chi connectivity index (χ2v) is 20.5. The van der Waals surface area contributed by atoms with Crippen molar-refractivity contribution >= 4 is 59.8 Å². The molecule has 1 aliphatic heterocycles. The first-order valence-corrected chi connectivity index (χ1v) is 28.6. The highest BCUT2D eigenvalue weighted by molar-refractivity contribution is 5.95. The summed E-state index contributed by atoms with van der Waals surface area (Å²) in [5.74, 6) is -4.88. The minimum absolute atomic E-state index is 0.0712. The Morgan fingerprint density at radius 2 is 1.26 bits per heavy atom. The third kappa shape index (κ3) is 28.3. The van der Waals surface area contributed by atoms with E-state index in [4.69, 9.17) is 10.5 Å². The van der Waals surface area contributed by atoms with Crippen molar-refractivity contribution in [2.24, 2.45) is 10.7 Å². The molecule has 4 atom stereocenters. The summed E-state index contributed by atoms with van der Waals surface area (Å²) < 4.78 is 6.13. The molecule has 0 aromatic heterocycles. The SMILES string of the molecule is CCC(=O)NCCNC(=O)NC(N)=NCCC[C@@H](NC(=O)C(c1ccccc1)c1cccc(OCCCCNC(=O)CC[C@H](C)NC(C=O)N2CCN(CC(=O)O)CCN(CC(=O)O)CCN(CC(=O)O)CC2)c1)C(=O)NCc1ccc(O)cc1. The lowest BCUT2D eigenvalue weighted by Gasteiger charge is -2.36. The van der Waals surface area contributed by atoms with Crippen LogP contribution in [0.25, 0.3) is 0 Å². The van der Waals surface area contributed by atoms with Gasteiger partial charge in [0.05, 0.1) is 32.2 Å². The van der Waals surface area contributed by atoms with Crippen LogP contribution >= 0.6 is 0 Å². The molecule has 0 bridgehead atoms. The van der Waals surface area contributed by atoms with Crippen molar-refractivity contribution in [1.29, 1.82) is 0 Å². The standard InChI is InChI=1S/C58H85N13O14/c1-3-49(74)61-24-25-63-58(84)67-57(59)62-23-10-15-47(55(82)64-36-42-17-19-45(73)20-18-42)66-56(83)54(43-11-5-4-6-12-43)44-13-9-14-46(35-44)85-34-8-7-22-60-50(75)21-16-41(2)65-48(40-72)71-32-30-69(38-52(78)79)28-26-68(37-51(76)77)27-29-70(31-33-71)39-53(80)81/h4-6,9,11-14,17-20,35,40-41,47-48,54,65,73H,3,7-8,10,15-16,21-34,36-39H2,1-2H3,(H,60,75)(H,61,74)(H,64,82)(H,66,83)(H,76,77)(H,78,79)(H,80,81)(H4,59,62,63,67,84)/t41-,47+,48?,54?/m0/s1. The van der Waals surface area contributed by atoms with Gasteiger partial charge in [0.1, 0.15) is 23.7 Å². The van der Waals surface area contributed by atoms with Crippen LogP contribution in [0.2, 0.25) is 0 Å². The van der Waals surface area contributed by atoms with E-state index in [9.17, 15) is 63.6 Å². The molecular formula is C58H85N13O14. The van der Waals surface area contributed by atoms with Gasteiger partial charge in [0.15, 0.2) is 12.2 Å². The lowest BCUT2D eigenvalue weighted by Crippen LogP contribution is -2.55. The van der Waals surface area contributed by atoms with E-state index in [1.54, 1.807) is 58.0 Å². The van der Waals surface area contributed by atoms with Gasteiger partial charge in [0, 0.05) is 104 Å². The summed E-state index contributed by atoms with van der Waals surface area (Å²) in [6.45, 7) is 5.91. The number of carboxylic acid groups (broad SMARTS) is 3. The summed E-state index contributed by atoms with van der Waals surface area (Å²) in [6.07, 6.45) is 2.36. The molecule has 1 saturated heterocycles. The molecule has 466 valence electrons. The summed E-state index contributed by atoms with van der Waals surface area (Å²) in [4.78, 5) is 124. The number of carbonyl (C=O) groups excluding carboxylic acids is 6. The Morgan fingerprint density at radius 3 is 1.86 bits per heavy atom. The fourth-order valence-electron chi connectivity index (χ4n) is 9.14. The highest BCUT2D eigenvalue weighted by Crippen LogP contribution is 2.28. The maximum atomic E-state index is 14.5. The molecule has 4 rings (SSSR count). The first-order chi connectivity index (χ1) is 40.8. The van der Waals surface area contributed by atoms with E-state index >= 15 is 0 Å². The predicted molar refractivity (Wildman–Crippen MR) is 315 cm³/mol. The fourth-order valence-corrected chi connectivity index (χ4v) is 9.14. The number of benzene rings is 3. The molecule has 2 unspecified atom stereocenters. The Hall–Kier alpha value is -8.24. The summed E-state index contributed by atoms with van der Waals surface area (Å²) in [7, 11) is 0. The van der Waals surface area contributed by atoms with Crippen LogP contribution in [0.4, 0.5) is 4.79 Å². The van der Waals surface area contributed by atoms with Gasteiger partial charge in [-0.15, -0.1) is 0 Å². The van der Waals surface area contributed by atoms with E-state index in [2.05, 4.69) is 42.2 Å². The Bertz CT molecular complexity index is 2600. The highest BCUT2D eigenvalue weighted by atomic mass is 16.5. The number of ether oxygens (including phenoxy) is 1. The number of aliphatic imine (C=N–C) groups is 1. The zero-order chi connectivity index (χ0) is 61.9. The number of unbranched alkanes of at least 4 members (excludes halogenated alkanes) is 1. The van der Waals surface area contributed by atoms with Crippen molar-refractivity contribution < 1.29 is 68.3 Å². The molecule has 1 heterocycles. The van der Waals surface area contributed by atoms with Crippen molar-refractivity contribution in [3.8, 4) is 11.5 Å². The quantitative estimate of drug-likeness (QED) is 0.0165. The van der Waals surface area contributed by atoms with Crippen molar-refractivity contribution in [2.75, 3.05) is 105 Å². The number of rotatable bonds is 34. The number of carboxylic acids is 3. The number of amides is 6. The molecule has 1 aliphatic rings. The molecule has 0 radical (unpaired) electrons. The van der Waals surface area contributed by atoms with Gasteiger partial charge in [-0.25, -0.2) is 4.79 Å². The largest absolute Gasteiger partial charge is 0.508 e. The number of hydrogen-bond donors (Lipinski definition) is 12. The van der Waals surface area contributed by atoms with E-state index in [1.807, 2.05) is 42.2 Å². The van der Waals surface area contributed by atoms with Crippen LogP contribution in [0.5, 0.6) is 11.5 Å². The number of phenolic OH excluding ortho intramolecular Hbond substituents is 1. The number of hydrogen-bond acceptors (Lipinski definition) is 17. The number of aliphatic carboxylic acids is 3. The number of carbonyl (C=O) groups is 9. The Balaban J connectivity index is 1.30. The molecular weight excluding hydrogens is 1100 g/mol. The van der Waals surface area contributed by atoms with Crippen LogP contribution in [0.3, 0.4) is 0 Å². The molecule has 6 amide bonds. The average Bonchev–Trinajstić information content (AvgIpc) is 3.39. The predicted octanol–water partition coefficient (Wildman–Crippen LogP) is 0.279. The van der Waals surface area contributed by atoms with E-state index in [0.29, 0.717) is 55.7 Å². The van der Waals surface area contributed by atoms with Gasteiger partial charge in [-0.1, -0.05) is 61.5 Å². The topological polar surface area (TPSA) is 379 Å². The minimum atomic E-state index is -1.06. The van der Waals surface area contributed by atoms with Crippen LogP contribution in [0.1, 0.15) is 81.4 Å². The molecule has 0 saturated carbocycles. The summed E-state index contributed by atoms with van der Waals surface area (Å²) in [5, 5.41) is 58.0. The van der Waals surface area contributed by atoms with Crippen LogP contribution < -0.4 is 47.7 Å². The van der Waals surface area contributed by atoms with Crippen LogP contribution in [0.15, 0.2) is 83.9 Å². The van der Waals surface area contributed by atoms with E-state index in [-0.39, 0.29) is 147 Å². The molecule has 27 heteroatoms. The van der Waals surface area contributed by atoms with Crippen LogP contribution in [0, 0.1) is 0 Å². The summed E-state index contributed by atoms with van der Waals surface area (Å²) in [6, 6.07) is 20.6. The van der Waals surface area contributed by atoms with Crippen molar-refractivity contribution in [2.45, 2.75) is 89.5 Å². The molecule has 3 aromatic carbocycles. The van der Waals surface area contributed by atoms with E-state index in [1.165, 1.54) is 12.1 Å².